The van der Waals surface area contributed by atoms with E-state index < -0.39 is 0 Å². The second kappa shape index (κ2) is 8.06. The average molecular weight is 350 g/mol. The molecule has 0 aliphatic rings. The first-order valence-corrected chi connectivity index (χ1v) is 7.92. The van der Waals surface area contributed by atoms with E-state index in [1.54, 1.807) is 44.8 Å². The van der Waals surface area contributed by atoms with Crippen LogP contribution in [0.1, 0.15) is 15.9 Å². The minimum atomic E-state index is -0.205. The minimum absolute atomic E-state index is 0.205. The number of carbonyl (C=O) groups is 1. The number of aromatic nitrogens is 3. The molecular weight excluding hydrogens is 332 g/mol. The molecule has 0 aliphatic carbocycles. The van der Waals surface area contributed by atoms with Crippen LogP contribution in [0.4, 0.5) is 0 Å². The van der Waals surface area contributed by atoms with Gasteiger partial charge < -0.3 is 14.8 Å². The predicted octanol–water partition coefficient (Wildman–Crippen LogP) is 2.49. The van der Waals surface area contributed by atoms with Crippen LogP contribution in [0.25, 0.3) is 11.3 Å². The molecule has 0 saturated heterocycles. The van der Waals surface area contributed by atoms with Crippen LogP contribution in [0.5, 0.6) is 11.5 Å². The van der Waals surface area contributed by atoms with E-state index in [2.05, 4.69) is 20.3 Å². The highest BCUT2D eigenvalue weighted by Gasteiger charge is 2.09. The van der Waals surface area contributed by atoms with Gasteiger partial charge in [-0.05, 0) is 29.8 Å². The maximum Gasteiger partial charge on any atom is 0.253 e. The van der Waals surface area contributed by atoms with Gasteiger partial charge in [-0.15, -0.1) is 0 Å². The highest BCUT2D eigenvalue weighted by molar-refractivity contribution is 5.94. The number of nitrogens with zero attached hydrogens (tertiary/aromatic N) is 3. The first-order valence-electron chi connectivity index (χ1n) is 7.92. The molecule has 0 spiro atoms. The van der Waals surface area contributed by atoms with Gasteiger partial charge in [0, 0.05) is 30.7 Å². The third-order valence-electron chi connectivity index (χ3n) is 3.78. The molecule has 132 valence electrons. The van der Waals surface area contributed by atoms with Crippen molar-refractivity contribution in [2.75, 3.05) is 14.2 Å². The molecule has 0 bridgehead atoms. The smallest absolute Gasteiger partial charge is 0.253 e. The van der Waals surface area contributed by atoms with Gasteiger partial charge in [-0.1, -0.05) is 6.07 Å². The molecule has 7 heteroatoms. The first-order chi connectivity index (χ1) is 12.7. The van der Waals surface area contributed by atoms with Crippen molar-refractivity contribution in [2.45, 2.75) is 6.54 Å². The Bertz CT molecular complexity index is 883. The number of benzene rings is 1. The number of amides is 1. The van der Waals surface area contributed by atoms with Gasteiger partial charge >= 0.3 is 0 Å². The molecule has 2 aromatic heterocycles. The summed E-state index contributed by atoms with van der Waals surface area (Å²) in [6.07, 6.45) is 6.34. The fourth-order valence-corrected chi connectivity index (χ4v) is 2.41. The van der Waals surface area contributed by atoms with E-state index >= 15 is 0 Å². The van der Waals surface area contributed by atoms with Crippen molar-refractivity contribution in [3.05, 3.63) is 66.4 Å². The Morgan fingerprint density at radius 2 is 1.77 bits per heavy atom. The Labute approximate surface area is 151 Å². The molecule has 0 fully saturated rings. The average Bonchev–Trinajstić information content (AvgIpc) is 2.72. The third kappa shape index (κ3) is 3.94. The highest BCUT2D eigenvalue weighted by Crippen LogP contribution is 2.27. The number of rotatable bonds is 6. The van der Waals surface area contributed by atoms with Gasteiger partial charge in [0.15, 0.2) is 11.5 Å². The highest BCUT2D eigenvalue weighted by atomic mass is 16.5. The zero-order valence-corrected chi connectivity index (χ0v) is 14.5. The molecule has 0 unspecified atom stereocenters. The van der Waals surface area contributed by atoms with E-state index in [1.807, 2.05) is 12.1 Å². The van der Waals surface area contributed by atoms with Crippen LogP contribution >= 0.6 is 0 Å². The Morgan fingerprint density at radius 3 is 2.42 bits per heavy atom. The maximum atomic E-state index is 12.3. The van der Waals surface area contributed by atoms with Gasteiger partial charge in [0.05, 0.1) is 25.5 Å². The van der Waals surface area contributed by atoms with Gasteiger partial charge in [-0.25, -0.2) is 9.97 Å². The van der Waals surface area contributed by atoms with Crippen molar-refractivity contribution in [2.24, 2.45) is 0 Å². The number of nitrogens with one attached hydrogen (secondary N) is 1. The summed E-state index contributed by atoms with van der Waals surface area (Å²) in [5.41, 5.74) is 2.89. The topological polar surface area (TPSA) is 86.2 Å². The van der Waals surface area contributed by atoms with E-state index in [9.17, 15) is 4.79 Å². The molecule has 2 heterocycles. The Morgan fingerprint density at radius 1 is 1.00 bits per heavy atom. The van der Waals surface area contributed by atoms with Gasteiger partial charge in [0.2, 0.25) is 0 Å². The van der Waals surface area contributed by atoms with Gasteiger partial charge in [0.1, 0.15) is 6.33 Å². The monoisotopic (exact) mass is 350 g/mol. The fraction of sp³-hybridized carbons (Fsp3) is 0.158. The number of ether oxygens (including phenoxy) is 2. The molecule has 26 heavy (non-hydrogen) atoms. The lowest BCUT2D eigenvalue weighted by Gasteiger charge is -2.10. The fourth-order valence-electron chi connectivity index (χ4n) is 2.41. The van der Waals surface area contributed by atoms with Gasteiger partial charge in [0.25, 0.3) is 5.91 Å². The van der Waals surface area contributed by atoms with Crippen molar-refractivity contribution in [1.29, 1.82) is 0 Å². The summed E-state index contributed by atoms with van der Waals surface area (Å²) in [7, 11) is 3.16. The van der Waals surface area contributed by atoms with Crippen molar-refractivity contribution >= 4 is 5.91 Å². The van der Waals surface area contributed by atoms with Crippen LogP contribution in [0.15, 0.2) is 55.2 Å². The van der Waals surface area contributed by atoms with Crippen LogP contribution in [0, 0.1) is 0 Å². The number of hydrogen-bond donors (Lipinski definition) is 1. The summed E-state index contributed by atoms with van der Waals surface area (Å²) < 4.78 is 10.5. The second-order valence-corrected chi connectivity index (χ2v) is 5.43. The normalized spacial score (nSPS) is 10.2. The van der Waals surface area contributed by atoms with Crippen LogP contribution in [0.2, 0.25) is 0 Å². The lowest BCUT2D eigenvalue weighted by molar-refractivity contribution is 0.0950. The van der Waals surface area contributed by atoms with Crippen LogP contribution in [-0.4, -0.2) is 35.1 Å². The standard InChI is InChI=1S/C19H18N4O3/c1-25-17-6-3-13(7-18(17)26-2)8-23-19(24)14-4-5-16(22-11-14)15-9-20-12-21-10-15/h3-7,9-12H,8H2,1-2H3,(H,23,24). The third-order valence-corrected chi connectivity index (χ3v) is 3.78. The number of carbonyl (C=O) groups excluding carboxylic acids is 1. The Kier molecular flexibility index (Phi) is 5.38. The van der Waals surface area contributed by atoms with Crippen LogP contribution in [0.3, 0.4) is 0 Å². The number of methoxy groups -OCH3 is 2. The largest absolute Gasteiger partial charge is 0.493 e. The molecular formula is C19H18N4O3. The molecule has 7 nitrogen and oxygen atoms in total. The van der Waals surface area contributed by atoms with Crippen LogP contribution < -0.4 is 14.8 Å². The lowest BCUT2D eigenvalue weighted by Crippen LogP contribution is -2.22. The summed E-state index contributed by atoms with van der Waals surface area (Å²) in [6, 6.07) is 9.00. The summed E-state index contributed by atoms with van der Waals surface area (Å²) in [6.45, 7) is 0.369. The molecule has 0 radical (unpaired) electrons. The first kappa shape index (κ1) is 17.3. The zero-order chi connectivity index (χ0) is 18.4. The van der Waals surface area contributed by atoms with Gasteiger partial charge in [-0.3, -0.25) is 9.78 Å². The summed E-state index contributed by atoms with van der Waals surface area (Å²) in [4.78, 5) is 24.5. The molecule has 1 amide bonds. The SMILES string of the molecule is COc1ccc(CNC(=O)c2ccc(-c3cncnc3)nc2)cc1OC. The van der Waals surface area contributed by atoms with E-state index in [0.29, 0.717) is 29.3 Å². The van der Waals surface area contributed by atoms with E-state index in [1.165, 1.54) is 12.5 Å². The molecule has 0 aliphatic heterocycles. The number of hydrogen-bond acceptors (Lipinski definition) is 6. The molecule has 3 aromatic rings. The maximum absolute atomic E-state index is 12.3. The molecule has 0 saturated carbocycles. The van der Waals surface area contributed by atoms with Gasteiger partial charge in [-0.2, -0.15) is 0 Å². The van der Waals surface area contributed by atoms with Crippen molar-refractivity contribution in [1.82, 2.24) is 20.3 Å². The summed E-state index contributed by atoms with van der Waals surface area (Å²) >= 11 is 0. The van der Waals surface area contributed by atoms with E-state index in [4.69, 9.17) is 9.47 Å². The molecule has 1 aromatic carbocycles. The van der Waals surface area contributed by atoms with Crippen LogP contribution in [-0.2, 0) is 6.54 Å². The quantitative estimate of drug-likeness (QED) is 0.735. The number of pyridine rings is 1. The second-order valence-electron chi connectivity index (χ2n) is 5.43. The predicted molar refractivity (Wildman–Crippen MR) is 96.0 cm³/mol. The molecule has 0 atom stereocenters. The molecule has 1 N–H and O–H groups in total. The Hall–Kier alpha value is -3.48. The van der Waals surface area contributed by atoms with Crippen molar-refractivity contribution < 1.29 is 14.3 Å². The molecule has 3 rings (SSSR count). The minimum Gasteiger partial charge on any atom is -0.493 e. The summed E-state index contributed by atoms with van der Waals surface area (Å²) in [5.74, 6) is 1.06. The van der Waals surface area contributed by atoms with E-state index in [-0.39, 0.29) is 5.91 Å². The van der Waals surface area contributed by atoms with E-state index in [0.717, 1.165) is 11.1 Å². The lowest BCUT2D eigenvalue weighted by atomic mass is 10.1. The summed E-state index contributed by atoms with van der Waals surface area (Å²) in [5, 5.41) is 2.86. The van der Waals surface area contributed by atoms with Crippen molar-refractivity contribution in [3.8, 4) is 22.8 Å². The Balaban J connectivity index is 1.65. The zero-order valence-electron chi connectivity index (χ0n) is 14.5. The van der Waals surface area contributed by atoms with Crippen molar-refractivity contribution in [3.63, 3.8) is 0 Å².